The highest BCUT2D eigenvalue weighted by Crippen LogP contribution is 2.17. The monoisotopic (exact) mass is 268 g/mol. The molecule has 0 atom stereocenters. The maximum absolute atomic E-state index is 11.9. The van der Waals surface area contributed by atoms with Crippen LogP contribution in [0.25, 0.3) is 10.8 Å². The van der Waals surface area contributed by atoms with Crippen LogP contribution in [0.1, 0.15) is 5.56 Å². The lowest BCUT2D eigenvalue weighted by atomic mass is 10.1. The minimum absolute atomic E-state index is 0.313. The fourth-order valence-corrected chi connectivity index (χ4v) is 2.07. The molecule has 0 radical (unpaired) electrons. The summed E-state index contributed by atoms with van der Waals surface area (Å²) in [6.07, 6.45) is 3.41. The predicted octanol–water partition coefficient (Wildman–Crippen LogP) is 1.22. The molecule has 2 aromatic heterocycles. The zero-order valence-corrected chi connectivity index (χ0v) is 10.5. The number of nitrogens with zero attached hydrogens (tertiary/aromatic N) is 1. The van der Waals surface area contributed by atoms with E-state index >= 15 is 0 Å². The van der Waals surface area contributed by atoms with E-state index in [1.807, 2.05) is 12.1 Å². The SMILES string of the molecule is O=c1[nH][nH]c(=O)c2c(NCc3ccncc3)cccc12. The summed E-state index contributed by atoms with van der Waals surface area (Å²) in [7, 11) is 0. The predicted molar refractivity (Wildman–Crippen MR) is 76.8 cm³/mol. The minimum atomic E-state index is -0.322. The summed E-state index contributed by atoms with van der Waals surface area (Å²) in [6, 6.07) is 8.91. The number of hydrogen-bond acceptors (Lipinski definition) is 4. The van der Waals surface area contributed by atoms with Crippen LogP contribution >= 0.6 is 0 Å². The van der Waals surface area contributed by atoms with Gasteiger partial charge in [-0.2, -0.15) is 0 Å². The number of hydrogen-bond donors (Lipinski definition) is 3. The second kappa shape index (κ2) is 5.00. The molecular weight excluding hydrogens is 256 g/mol. The van der Waals surface area contributed by atoms with E-state index in [4.69, 9.17) is 0 Å². The first kappa shape index (κ1) is 12.2. The Morgan fingerprint density at radius 2 is 1.75 bits per heavy atom. The molecule has 2 heterocycles. The van der Waals surface area contributed by atoms with Crippen molar-refractivity contribution in [1.29, 1.82) is 0 Å². The van der Waals surface area contributed by atoms with Crippen LogP contribution in [0, 0.1) is 0 Å². The van der Waals surface area contributed by atoms with Gasteiger partial charge in [-0.25, -0.2) is 0 Å². The van der Waals surface area contributed by atoms with E-state index in [0.717, 1.165) is 5.56 Å². The first-order valence-electron chi connectivity index (χ1n) is 6.12. The number of aromatic nitrogens is 3. The highest BCUT2D eigenvalue weighted by Gasteiger charge is 2.07. The maximum Gasteiger partial charge on any atom is 0.272 e. The summed E-state index contributed by atoms with van der Waals surface area (Å²) in [5.41, 5.74) is 1.04. The first-order chi connectivity index (χ1) is 9.75. The number of nitrogens with one attached hydrogen (secondary N) is 3. The molecule has 0 fully saturated rings. The van der Waals surface area contributed by atoms with Gasteiger partial charge in [0.1, 0.15) is 0 Å². The Bertz CT molecular complexity index is 852. The molecule has 0 aliphatic rings. The van der Waals surface area contributed by atoms with Gasteiger partial charge in [-0.05, 0) is 29.8 Å². The van der Waals surface area contributed by atoms with Crippen molar-refractivity contribution in [2.45, 2.75) is 6.54 Å². The molecule has 0 saturated heterocycles. The van der Waals surface area contributed by atoms with Crippen molar-refractivity contribution in [3.05, 3.63) is 69.0 Å². The molecule has 6 nitrogen and oxygen atoms in total. The molecule has 20 heavy (non-hydrogen) atoms. The molecule has 3 aromatic rings. The largest absolute Gasteiger partial charge is 0.380 e. The van der Waals surface area contributed by atoms with E-state index in [1.165, 1.54) is 0 Å². The van der Waals surface area contributed by atoms with E-state index < -0.39 is 0 Å². The molecular formula is C14H12N4O2. The molecule has 0 saturated carbocycles. The van der Waals surface area contributed by atoms with Gasteiger partial charge in [0, 0.05) is 24.6 Å². The molecule has 3 N–H and O–H groups in total. The van der Waals surface area contributed by atoms with Crippen LogP contribution in [0.2, 0.25) is 0 Å². The molecule has 0 bridgehead atoms. The second-order valence-corrected chi connectivity index (χ2v) is 4.35. The second-order valence-electron chi connectivity index (χ2n) is 4.35. The summed E-state index contributed by atoms with van der Waals surface area (Å²) in [5, 5.41) is 8.56. The van der Waals surface area contributed by atoms with Gasteiger partial charge >= 0.3 is 0 Å². The lowest BCUT2D eigenvalue weighted by molar-refractivity contribution is 0.976. The van der Waals surface area contributed by atoms with Gasteiger partial charge in [0.05, 0.1) is 10.8 Å². The summed E-state index contributed by atoms with van der Waals surface area (Å²) in [6.45, 7) is 0.549. The summed E-state index contributed by atoms with van der Waals surface area (Å²) in [5.74, 6) is 0. The van der Waals surface area contributed by atoms with Crippen molar-refractivity contribution >= 4 is 16.5 Å². The Hall–Kier alpha value is -2.89. The molecule has 6 heteroatoms. The smallest absolute Gasteiger partial charge is 0.272 e. The quantitative estimate of drug-likeness (QED) is 0.666. The maximum atomic E-state index is 11.9. The Balaban J connectivity index is 2.02. The molecule has 0 spiro atoms. The standard InChI is InChI=1S/C14H12N4O2/c19-13-10-2-1-3-11(12(10)14(20)18-17-13)16-8-9-4-6-15-7-5-9/h1-7,16H,8H2,(H,17,19)(H,18,20). The van der Waals surface area contributed by atoms with Crippen LogP contribution in [0.3, 0.4) is 0 Å². The Kier molecular flexibility index (Phi) is 3.04. The number of fused-ring (bicyclic) bond motifs is 1. The fraction of sp³-hybridized carbons (Fsp3) is 0.0714. The highest BCUT2D eigenvalue weighted by molar-refractivity contribution is 5.92. The third-order valence-corrected chi connectivity index (χ3v) is 3.06. The average molecular weight is 268 g/mol. The van der Waals surface area contributed by atoms with Crippen molar-refractivity contribution in [2.24, 2.45) is 0 Å². The summed E-state index contributed by atoms with van der Waals surface area (Å²) < 4.78 is 0. The number of rotatable bonds is 3. The van der Waals surface area contributed by atoms with Crippen LogP contribution in [-0.2, 0) is 6.54 Å². The topological polar surface area (TPSA) is 90.6 Å². The van der Waals surface area contributed by atoms with Gasteiger partial charge in [-0.1, -0.05) is 6.07 Å². The van der Waals surface area contributed by atoms with E-state index in [0.29, 0.717) is 23.0 Å². The molecule has 0 aliphatic heterocycles. The molecule has 3 rings (SSSR count). The van der Waals surface area contributed by atoms with Crippen molar-refractivity contribution in [2.75, 3.05) is 5.32 Å². The molecule has 0 aliphatic carbocycles. The van der Waals surface area contributed by atoms with Gasteiger partial charge in [-0.15, -0.1) is 0 Å². The Morgan fingerprint density at radius 3 is 2.55 bits per heavy atom. The zero-order valence-electron chi connectivity index (χ0n) is 10.5. The van der Waals surface area contributed by atoms with Crippen molar-refractivity contribution in [3.63, 3.8) is 0 Å². The fourth-order valence-electron chi connectivity index (χ4n) is 2.07. The van der Waals surface area contributed by atoms with Crippen LogP contribution in [0.15, 0.2) is 52.3 Å². The van der Waals surface area contributed by atoms with Crippen molar-refractivity contribution < 1.29 is 0 Å². The molecule has 0 unspecified atom stereocenters. The number of benzene rings is 1. The molecule has 100 valence electrons. The first-order valence-corrected chi connectivity index (χ1v) is 6.12. The third kappa shape index (κ3) is 2.18. The Labute approximate surface area is 113 Å². The van der Waals surface area contributed by atoms with Crippen molar-refractivity contribution in [1.82, 2.24) is 15.2 Å². The van der Waals surface area contributed by atoms with Gasteiger partial charge in [-0.3, -0.25) is 24.8 Å². The summed E-state index contributed by atoms with van der Waals surface area (Å²) >= 11 is 0. The van der Waals surface area contributed by atoms with Crippen molar-refractivity contribution in [3.8, 4) is 0 Å². The van der Waals surface area contributed by atoms with E-state index in [9.17, 15) is 9.59 Å². The number of anilines is 1. The van der Waals surface area contributed by atoms with E-state index in [-0.39, 0.29) is 11.1 Å². The Morgan fingerprint density at radius 1 is 1.00 bits per heavy atom. The lowest BCUT2D eigenvalue weighted by Crippen LogP contribution is -2.20. The molecule has 1 aromatic carbocycles. The summed E-state index contributed by atoms with van der Waals surface area (Å²) in [4.78, 5) is 27.5. The highest BCUT2D eigenvalue weighted by atomic mass is 16.1. The van der Waals surface area contributed by atoms with Crippen LogP contribution in [0.5, 0.6) is 0 Å². The lowest BCUT2D eigenvalue weighted by Gasteiger charge is -2.08. The third-order valence-electron chi connectivity index (χ3n) is 3.06. The zero-order chi connectivity index (χ0) is 13.9. The normalized spacial score (nSPS) is 10.6. The van der Waals surface area contributed by atoms with E-state index in [2.05, 4.69) is 20.5 Å². The van der Waals surface area contributed by atoms with Crippen LogP contribution < -0.4 is 16.4 Å². The van der Waals surface area contributed by atoms with Crippen LogP contribution in [-0.4, -0.2) is 15.2 Å². The number of H-pyrrole nitrogens is 2. The average Bonchev–Trinajstić information content (AvgIpc) is 2.50. The molecule has 0 amide bonds. The number of pyridine rings is 1. The van der Waals surface area contributed by atoms with Gasteiger partial charge < -0.3 is 5.32 Å². The van der Waals surface area contributed by atoms with Gasteiger partial charge in [0.2, 0.25) is 0 Å². The van der Waals surface area contributed by atoms with E-state index in [1.54, 1.807) is 30.6 Å². The minimum Gasteiger partial charge on any atom is -0.380 e. The van der Waals surface area contributed by atoms with Gasteiger partial charge in [0.25, 0.3) is 11.1 Å². The van der Waals surface area contributed by atoms with Gasteiger partial charge in [0.15, 0.2) is 0 Å². The number of aromatic amines is 2. The van der Waals surface area contributed by atoms with Crippen LogP contribution in [0.4, 0.5) is 5.69 Å².